The molecule has 76 valence electrons. The molecule has 0 heterocycles. The lowest BCUT2D eigenvalue weighted by Crippen LogP contribution is -1.73. The summed E-state index contributed by atoms with van der Waals surface area (Å²) in [5, 5.41) is 0. The van der Waals surface area contributed by atoms with Gasteiger partial charge in [0.1, 0.15) is 0 Å². The Labute approximate surface area is 106 Å². The topological polar surface area (TPSA) is 0 Å². The van der Waals surface area contributed by atoms with Crippen molar-refractivity contribution in [3.63, 3.8) is 0 Å². The van der Waals surface area contributed by atoms with Crippen LogP contribution in [-0.2, 0) is 0 Å². The molecule has 0 unspecified atom stereocenters. The summed E-state index contributed by atoms with van der Waals surface area (Å²) in [4.78, 5) is 0. The number of rotatable bonds is 6. The van der Waals surface area contributed by atoms with Gasteiger partial charge in [-0.25, -0.2) is 0 Å². The van der Waals surface area contributed by atoms with Gasteiger partial charge in [0.15, 0.2) is 0 Å². The maximum atomic E-state index is 2.43. The van der Waals surface area contributed by atoms with Crippen molar-refractivity contribution >= 4 is 45.2 Å². The third-order valence-electron chi connectivity index (χ3n) is 1.47. The van der Waals surface area contributed by atoms with Crippen LogP contribution in [0.2, 0.25) is 0 Å². The molecule has 2 heteroatoms. The summed E-state index contributed by atoms with van der Waals surface area (Å²) in [7, 11) is 0. The van der Waals surface area contributed by atoms with E-state index in [0.29, 0.717) is 0 Å². The summed E-state index contributed by atoms with van der Waals surface area (Å²) in [6.07, 6.45) is 8.33. The highest BCUT2D eigenvalue weighted by atomic mass is 127. The SMILES string of the molecule is CCCCCCI.CCCCI. The van der Waals surface area contributed by atoms with Crippen LogP contribution in [0.3, 0.4) is 0 Å². The van der Waals surface area contributed by atoms with Crippen LogP contribution in [0.4, 0.5) is 0 Å². The average Bonchev–Trinajstić information content (AvgIpc) is 2.08. The third kappa shape index (κ3) is 22.5. The fourth-order valence-electron chi connectivity index (χ4n) is 0.655. The lowest BCUT2D eigenvalue weighted by atomic mass is 10.2. The van der Waals surface area contributed by atoms with E-state index >= 15 is 0 Å². The molecule has 0 saturated carbocycles. The molecule has 0 radical (unpaired) electrons. The highest BCUT2D eigenvalue weighted by Gasteiger charge is 1.81. The van der Waals surface area contributed by atoms with E-state index in [1.54, 1.807) is 0 Å². The van der Waals surface area contributed by atoms with Gasteiger partial charge >= 0.3 is 0 Å². The minimum absolute atomic E-state index is 1.31. The average molecular weight is 396 g/mol. The van der Waals surface area contributed by atoms with E-state index in [0.717, 1.165) is 0 Å². The maximum absolute atomic E-state index is 2.43. The molecule has 0 amide bonds. The normalized spacial score (nSPS) is 9.00. The Morgan fingerprint density at radius 1 is 0.667 bits per heavy atom. The van der Waals surface area contributed by atoms with Gasteiger partial charge < -0.3 is 0 Å². The summed E-state index contributed by atoms with van der Waals surface area (Å²) < 4.78 is 2.64. The lowest BCUT2D eigenvalue weighted by molar-refractivity contribution is 0.710. The zero-order valence-corrected chi connectivity index (χ0v) is 12.7. The smallest absolute Gasteiger partial charge is 0.000473 e. The summed E-state index contributed by atoms with van der Waals surface area (Å²) in [5.41, 5.74) is 0. The summed E-state index contributed by atoms with van der Waals surface area (Å²) in [6, 6.07) is 0. The molecule has 0 fully saturated rings. The van der Waals surface area contributed by atoms with E-state index in [2.05, 4.69) is 59.0 Å². The van der Waals surface area contributed by atoms with Gasteiger partial charge in [0.05, 0.1) is 0 Å². The van der Waals surface area contributed by atoms with Gasteiger partial charge in [0, 0.05) is 0 Å². The molecular formula is C10H22I2. The number of alkyl halides is 2. The monoisotopic (exact) mass is 396 g/mol. The Hall–Kier alpha value is 1.46. The van der Waals surface area contributed by atoms with Crippen LogP contribution in [0.1, 0.15) is 52.4 Å². The quantitative estimate of drug-likeness (QED) is 0.328. The number of hydrogen-bond acceptors (Lipinski definition) is 0. The first-order valence-electron chi connectivity index (χ1n) is 4.95. The lowest BCUT2D eigenvalue weighted by Gasteiger charge is -1.89. The highest BCUT2D eigenvalue weighted by Crippen LogP contribution is 2.00. The number of unbranched alkanes of at least 4 members (excludes halogenated alkanes) is 4. The largest absolute Gasteiger partial charge is 0.0864 e. The minimum atomic E-state index is 1.31. The van der Waals surface area contributed by atoms with Crippen LogP contribution in [0.25, 0.3) is 0 Å². The second kappa shape index (κ2) is 18.3. The molecule has 0 spiro atoms. The second-order valence-electron chi connectivity index (χ2n) is 2.79. The minimum Gasteiger partial charge on any atom is -0.0864 e. The van der Waals surface area contributed by atoms with Crippen molar-refractivity contribution < 1.29 is 0 Å². The molecule has 0 aromatic carbocycles. The van der Waals surface area contributed by atoms with Crippen molar-refractivity contribution in [2.45, 2.75) is 52.4 Å². The van der Waals surface area contributed by atoms with Crippen LogP contribution in [0.5, 0.6) is 0 Å². The first-order chi connectivity index (χ1) is 5.83. The molecule has 0 aromatic rings. The molecule has 0 atom stereocenters. The number of halogens is 2. The second-order valence-corrected chi connectivity index (χ2v) is 4.95. The van der Waals surface area contributed by atoms with Gasteiger partial charge in [0.2, 0.25) is 0 Å². The van der Waals surface area contributed by atoms with E-state index < -0.39 is 0 Å². The molecule has 0 saturated heterocycles. The summed E-state index contributed by atoms with van der Waals surface area (Å²) in [5.74, 6) is 0. The van der Waals surface area contributed by atoms with Crippen molar-refractivity contribution in [3.8, 4) is 0 Å². The molecule has 0 aliphatic rings. The predicted molar refractivity (Wildman–Crippen MR) is 76.8 cm³/mol. The molecule has 0 aliphatic heterocycles. The van der Waals surface area contributed by atoms with Crippen LogP contribution in [0, 0.1) is 0 Å². The van der Waals surface area contributed by atoms with Crippen molar-refractivity contribution in [2.24, 2.45) is 0 Å². The first kappa shape index (κ1) is 15.9. The number of hydrogen-bond donors (Lipinski definition) is 0. The van der Waals surface area contributed by atoms with Crippen molar-refractivity contribution in [1.82, 2.24) is 0 Å². The molecule has 0 N–H and O–H groups in total. The Kier molecular flexibility index (Phi) is 24.2. The maximum Gasteiger partial charge on any atom is -0.000473 e. The van der Waals surface area contributed by atoms with Crippen LogP contribution >= 0.6 is 45.2 Å². The molecule has 0 aliphatic carbocycles. The van der Waals surface area contributed by atoms with Crippen molar-refractivity contribution in [2.75, 3.05) is 8.86 Å². The summed E-state index contributed by atoms with van der Waals surface area (Å²) >= 11 is 4.81. The Morgan fingerprint density at radius 2 is 1.17 bits per heavy atom. The van der Waals surface area contributed by atoms with Gasteiger partial charge in [-0.3, -0.25) is 0 Å². The molecule has 0 aromatic heterocycles. The zero-order valence-electron chi connectivity index (χ0n) is 8.41. The fraction of sp³-hybridized carbons (Fsp3) is 1.00. The van der Waals surface area contributed by atoms with Gasteiger partial charge in [-0.2, -0.15) is 0 Å². The van der Waals surface area contributed by atoms with Gasteiger partial charge in [-0.15, -0.1) is 0 Å². The fourth-order valence-corrected chi connectivity index (χ4v) is 1.96. The molecular weight excluding hydrogens is 374 g/mol. The Morgan fingerprint density at radius 3 is 1.42 bits per heavy atom. The van der Waals surface area contributed by atoms with Crippen LogP contribution < -0.4 is 0 Å². The van der Waals surface area contributed by atoms with Crippen molar-refractivity contribution in [1.29, 1.82) is 0 Å². The highest BCUT2D eigenvalue weighted by molar-refractivity contribution is 14.1. The van der Waals surface area contributed by atoms with E-state index in [-0.39, 0.29) is 0 Å². The van der Waals surface area contributed by atoms with Crippen LogP contribution in [0.15, 0.2) is 0 Å². The van der Waals surface area contributed by atoms with E-state index in [9.17, 15) is 0 Å². The van der Waals surface area contributed by atoms with Crippen molar-refractivity contribution in [3.05, 3.63) is 0 Å². The molecule has 12 heavy (non-hydrogen) atoms. The molecule has 0 nitrogen and oxygen atoms in total. The Balaban J connectivity index is 0. The van der Waals surface area contributed by atoms with E-state index in [4.69, 9.17) is 0 Å². The van der Waals surface area contributed by atoms with E-state index in [1.165, 1.54) is 47.4 Å². The van der Waals surface area contributed by atoms with Crippen LogP contribution in [-0.4, -0.2) is 8.86 Å². The third-order valence-corrected chi connectivity index (χ3v) is 3.00. The van der Waals surface area contributed by atoms with Gasteiger partial charge in [-0.1, -0.05) is 84.7 Å². The molecule has 0 rings (SSSR count). The molecule has 0 bridgehead atoms. The Bertz CT molecular complexity index is 49.8. The van der Waals surface area contributed by atoms with Gasteiger partial charge in [0.25, 0.3) is 0 Å². The van der Waals surface area contributed by atoms with E-state index in [1.807, 2.05) is 0 Å². The predicted octanol–water partition coefficient (Wildman–Crippen LogP) is 5.22. The first-order valence-corrected chi connectivity index (χ1v) is 8.00. The van der Waals surface area contributed by atoms with Gasteiger partial charge in [-0.05, 0) is 21.7 Å². The standard InChI is InChI=1S/C6H13I.C4H9I/c1-2-3-4-5-6-7;1-2-3-4-5/h2-6H2,1H3;2-4H2,1H3. The summed E-state index contributed by atoms with van der Waals surface area (Å²) in [6.45, 7) is 4.45. The zero-order chi connectivity index (χ0) is 9.66.